The number of aromatic amines is 1. The Morgan fingerprint density at radius 3 is 2.76 bits per heavy atom. The summed E-state index contributed by atoms with van der Waals surface area (Å²) in [5, 5.41) is 7.90. The average molecular weight is 239 g/mol. The Kier molecular flexibility index (Phi) is 2.69. The van der Waals surface area contributed by atoms with Crippen LogP contribution in [-0.2, 0) is 0 Å². The molecule has 1 aromatic carbocycles. The van der Waals surface area contributed by atoms with Crippen LogP contribution in [0, 0.1) is 11.6 Å². The van der Waals surface area contributed by atoms with Gasteiger partial charge in [0.15, 0.2) is 0 Å². The van der Waals surface area contributed by atoms with E-state index in [0.29, 0.717) is 6.07 Å². The number of carbonyl (C=O) groups is 1. The van der Waals surface area contributed by atoms with E-state index in [4.69, 9.17) is 5.73 Å². The molecule has 0 spiro atoms. The minimum Gasteiger partial charge on any atom is -0.366 e. The van der Waals surface area contributed by atoms with Crippen LogP contribution in [0.5, 0.6) is 0 Å². The van der Waals surface area contributed by atoms with Gasteiger partial charge in [-0.3, -0.25) is 9.89 Å². The molecule has 0 saturated heterocycles. The van der Waals surface area contributed by atoms with Crippen LogP contribution in [0.2, 0.25) is 0 Å². The van der Waals surface area contributed by atoms with E-state index >= 15 is 0 Å². The molecule has 0 aliphatic carbocycles. The lowest BCUT2D eigenvalue weighted by atomic mass is 10.3. The molecule has 0 aliphatic heterocycles. The van der Waals surface area contributed by atoms with E-state index in [-0.39, 0.29) is 17.5 Å². The summed E-state index contributed by atoms with van der Waals surface area (Å²) >= 11 is 0. The van der Waals surface area contributed by atoms with Crippen molar-refractivity contribution in [2.75, 3.05) is 11.1 Å². The molecule has 6 nitrogen and oxygen atoms in total. The molecular formula is C9H7F2N5O. The van der Waals surface area contributed by atoms with E-state index in [9.17, 15) is 13.6 Å². The van der Waals surface area contributed by atoms with Gasteiger partial charge < -0.3 is 11.1 Å². The molecule has 1 amide bonds. The molecular weight excluding hydrogens is 232 g/mol. The van der Waals surface area contributed by atoms with E-state index in [1.807, 2.05) is 0 Å². The fraction of sp³-hybridized carbons (Fsp3) is 0. The second-order valence-corrected chi connectivity index (χ2v) is 3.12. The second kappa shape index (κ2) is 4.16. The molecule has 88 valence electrons. The fourth-order valence-corrected chi connectivity index (χ4v) is 1.15. The molecule has 0 aliphatic rings. The highest BCUT2D eigenvalue weighted by Crippen LogP contribution is 2.15. The van der Waals surface area contributed by atoms with Gasteiger partial charge in [0.25, 0.3) is 5.91 Å². The van der Waals surface area contributed by atoms with Crippen LogP contribution in [0.3, 0.4) is 0 Å². The van der Waals surface area contributed by atoms with Crippen molar-refractivity contribution in [1.29, 1.82) is 0 Å². The maximum absolute atomic E-state index is 13.2. The lowest BCUT2D eigenvalue weighted by Gasteiger charge is -2.03. The Morgan fingerprint density at radius 2 is 2.18 bits per heavy atom. The summed E-state index contributed by atoms with van der Waals surface area (Å²) in [7, 11) is 0. The van der Waals surface area contributed by atoms with Gasteiger partial charge in [-0.05, 0) is 12.1 Å². The smallest absolute Gasteiger partial charge is 0.293 e. The van der Waals surface area contributed by atoms with Crippen molar-refractivity contribution in [3.8, 4) is 0 Å². The van der Waals surface area contributed by atoms with Crippen molar-refractivity contribution in [1.82, 2.24) is 15.2 Å². The third-order valence-corrected chi connectivity index (χ3v) is 1.90. The summed E-state index contributed by atoms with van der Waals surface area (Å²) in [4.78, 5) is 15.1. The van der Waals surface area contributed by atoms with E-state index in [2.05, 4.69) is 20.5 Å². The average Bonchev–Trinajstić information content (AvgIpc) is 2.69. The number of carbonyl (C=O) groups excluding carboxylic acids is 1. The van der Waals surface area contributed by atoms with Gasteiger partial charge in [0.05, 0.1) is 5.69 Å². The highest BCUT2D eigenvalue weighted by Gasteiger charge is 2.13. The maximum atomic E-state index is 13.2. The van der Waals surface area contributed by atoms with Gasteiger partial charge in [-0.2, -0.15) is 4.98 Å². The fourth-order valence-electron chi connectivity index (χ4n) is 1.15. The molecule has 0 unspecified atom stereocenters. The van der Waals surface area contributed by atoms with E-state index in [0.717, 1.165) is 12.1 Å². The number of hydrogen-bond donors (Lipinski definition) is 3. The molecule has 0 saturated carbocycles. The van der Waals surface area contributed by atoms with Crippen molar-refractivity contribution in [3.05, 3.63) is 35.7 Å². The lowest BCUT2D eigenvalue weighted by molar-refractivity contribution is 0.101. The summed E-state index contributed by atoms with van der Waals surface area (Å²) in [5.74, 6) is -2.60. The van der Waals surface area contributed by atoms with Crippen LogP contribution in [0.15, 0.2) is 18.2 Å². The first-order chi connectivity index (χ1) is 8.06. The topological polar surface area (TPSA) is 96.7 Å². The van der Waals surface area contributed by atoms with Crippen molar-refractivity contribution in [2.24, 2.45) is 0 Å². The Bertz CT molecular complexity index is 568. The normalized spacial score (nSPS) is 10.2. The number of nitrogens with two attached hydrogens (primary N) is 1. The molecule has 2 rings (SSSR count). The Labute approximate surface area is 93.9 Å². The standard InChI is InChI=1S/C9H7F2N5O/c10-4-1-2-6(5(11)3-4)13-8(17)7-14-9(12)16-15-7/h1-3H,(H,13,17)(H3,12,14,15,16). The largest absolute Gasteiger partial charge is 0.366 e. The Balaban J connectivity index is 2.18. The van der Waals surface area contributed by atoms with Crippen molar-refractivity contribution < 1.29 is 13.6 Å². The monoisotopic (exact) mass is 239 g/mol. The number of nitrogen functional groups attached to an aromatic ring is 1. The Hall–Kier alpha value is -2.51. The van der Waals surface area contributed by atoms with Gasteiger partial charge in [0, 0.05) is 6.07 Å². The number of hydrogen-bond acceptors (Lipinski definition) is 4. The van der Waals surface area contributed by atoms with Gasteiger partial charge >= 0.3 is 0 Å². The van der Waals surface area contributed by atoms with Crippen molar-refractivity contribution in [2.45, 2.75) is 0 Å². The first-order valence-corrected chi connectivity index (χ1v) is 4.50. The highest BCUT2D eigenvalue weighted by atomic mass is 19.1. The predicted octanol–water partition coefficient (Wildman–Crippen LogP) is 0.917. The number of halogens is 2. The van der Waals surface area contributed by atoms with E-state index in [1.54, 1.807) is 0 Å². The SMILES string of the molecule is Nc1n[nH]c(C(=O)Nc2ccc(F)cc2F)n1. The zero-order chi connectivity index (χ0) is 12.4. The molecule has 0 fully saturated rings. The van der Waals surface area contributed by atoms with Gasteiger partial charge in [-0.25, -0.2) is 8.78 Å². The van der Waals surface area contributed by atoms with Crippen LogP contribution in [-0.4, -0.2) is 21.1 Å². The minimum absolute atomic E-state index is 0.102. The highest BCUT2D eigenvalue weighted by molar-refractivity contribution is 6.01. The molecule has 0 bridgehead atoms. The summed E-state index contributed by atoms with van der Waals surface area (Å²) in [6.45, 7) is 0. The first-order valence-electron chi connectivity index (χ1n) is 4.50. The van der Waals surface area contributed by atoms with Crippen LogP contribution in [0.4, 0.5) is 20.4 Å². The number of nitrogens with zero attached hydrogens (tertiary/aromatic N) is 2. The number of nitrogens with one attached hydrogen (secondary N) is 2. The number of aromatic nitrogens is 3. The van der Waals surface area contributed by atoms with Gasteiger partial charge in [0.1, 0.15) is 11.6 Å². The lowest BCUT2D eigenvalue weighted by Crippen LogP contribution is -2.14. The molecule has 8 heteroatoms. The molecule has 1 aromatic heterocycles. The maximum Gasteiger partial charge on any atom is 0.293 e. The van der Waals surface area contributed by atoms with Crippen LogP contribution >= 0.6 is 0 Å². The third kappa shape index (κ3) is 2.36. The summed E-state index contributed by atoms with van der Waals surface area (Å²) < 4.78 is 25.8. The van der Waals surface area contributed by atoms with E-state index < -0.39 is 17.5 Å². The number of benzene rings is 1. The van der Waals surface area contributed by atoms with Gasteiger partial charge in [0.2, 0.25) is 11.8 Å². The Morgan fingerprint density at radius 1 is 1.41 bits per heavy atom. The van der Waals surface area contributed by atoms with Gasteiger partial charge in [-0.1, -0.05) is 0 Å². The summed E-state index contributed by atoms with van der Waals surface area (Å²) in [6.07, 6.45) is 0. The number of H-pyrrole nitrogens is 1. The molecule has 4 N–H and O–H groups in total. The predicted molar refractivity (Wildman–Crippen MR) is 55.1 cm³/mol. The summed E-state index contributed by atoms with van der Waals surface area (Å²) in [6, 6.07) is 2.78. The molecule has 2 aromatic rings. The zero-order valence-corrected chi connectivity index (χ0v) is 8.37. The molecule has 0 atom stereocenters. The molecule has 0 radical (unpaired) electrons. The first kappa shape index (κ1) is 11.0. The number of rotatable bonds is 2. The van der Waals surface area contributed by atoms with Crippen molar-refractivity contribution >= 4 is 17.5 Å². The quantitative estimate of drug-likeness (QED) is 0.725. The van der Waals surface area contributed by atoms with Crippen LogP contribution in [0.25, 0.3) is 0 Å². The summed E-state index contributed by atoms with van der Waals surface area (Å²) in [5.41, 5.74) is 5.04. The number of amides is 1. The van der Waals surface area contributed by atoms with Crippen molar-refractivity contribution in [3.63, 3.8) is 0 Å². The van der Waals surface area contributed by atoms with Crippen LogP contribution < -0.4 is 11.1 Å². The minimum atomic E-state index is -0.883. The molecule has 17 heavy (non-hydrogen) atoms. The molecule has 1 heterocycles. The zero-order valence-electron chi connectivity index (χ0n) is 8.37. The van der Waals surface area contributed by atoms with E-state index in [1.165, 1.54) is 0 Å². The third-order valence-electron chi connectivity index (χ3n) is 1.90. The van der Waals surface area contributed by atoms with Gasteiger partial charge in [-0.15, -0.1) is 5.10 Å². The second-order valence-electron chi connectivity index (χ2n) is 3.12. The number of anilines is 2. The van der Waals surface area contributed by atoms with Crippen LogP contribution in [0.1, 0.15) is 10.6 Å².